The van der Waals surface area contributed by atoms with E-state index < -0.39 is 5.54 Å². The number of rotatable bonds is 9. The first-order valence-corrected chi connectivity index (χ1v) is 12.3. The smallest absolute Gasteiger partial charge is 0.252 e. The number of aromatic nitrogens is 6. The van der Waals surface area contributed by atoms with E-state index in [0.717, 1.165) is 54.0 Å². The number of nitrogen functional groups attached to an aromatic ring is 1. The number of nitrogens with zero attached hydrogens (tertiary/aromatic N) is 6. The monoisotopic (exact) mass is 501 g/mol. The standard InChI is InChI=1S/C25H31N11O/c1-25(23(37)36-13-3-4-14-36,35(2)24-31-33-34-32-24)17-7-10-19-20(15-17)30-21(29-19)11-12-28-18-8-5-16(6-9-18)22(26)27/h5-10,15,28H,3-4,11-14H2,1-2H3,(H3,26,27)(H,29,30)(H,31,32,33,34). The zero-order chi connectivity index (χ0) is 26.0. The Balaban J connectivity index is 1.37. The minimum atomic E-state index is -1.02. The van der Waals surface area contributed by atoms with Crippen LogP contribution in [-0.2, 0) is 16.8 Å². The van der Waals surface area contributed by atoms with E-state index in [0.29, 0.717) is 24.5 Å². The third-order valence-corrected chi connectivity index (χ3v) is 7.11. The van der Waals surface area contributed by atoms with E-state index >= 15 is 0 Å². The summed E-state index contributed by atoms with van der Waals surface area (Å²) in [4.78, 5) is 25.7. The van der Waals surface area contributed by atoms with E-state index in [2.05, 4.69) is 30.9 Å². The number of hydrogen-bond donors (Lipinski definition) is 5. The first-order chi connectivity index (χ1) is 17.9. The molecule has 0 aliphatic carbocycles. The van der Waals surface area contributed by atoms with Gasteiger partial charge in [-0.05, 0) is 72.2 Å². The zero-order valence-corrected chi connectivity index (χ0v) is 21.0. The summed E-state index contributed by atoms with van der Waals surface area (Å²) in [7, 11) is 1.82. The number of hydrogen-bond acceptors (Lipinski definition) is 8. The van der Waals surface area contributed by atoms with Crippen molar-refractivity contribution in [3.8, 4) is 0 Å². The predicted molar refractivity (Wildman–Crippen MR) is 141 cm³/mol. The van der Waals surface area contributed by atoms with Crippen molar-refractivity contribution in [3.63, 3.8) is 0 Å². The van der Waals surface area contributed by atoms with Crippen LogP contribution in [-0.4, -0.2) is 73.9 Å². The van der Waals surface area contributed by atoms with Crippen molar-refractivity contribution in [3.05, 3.63) is 59.4 Å². The van der Waals surface area contributed by atoms with Gasteiger partial charge in [0.05, 0.1) is 11.0 Å². The van der Waals surface area contributed by atoms with E-state index in [4.69, 9.17) is 16.1 Å². The van der Waals surface area contributed by atoms with Gasteiger partial charge in [0, 0.05) is 44.4 Å². The van der Waals surface area contributed by atoms with E-state index in [-0.39, 0.29) is 11.7 Å². The lowest BCUT2D eigenvalue weighted by Gasteiger charge is -2.39. The summed E-state index contributed by atoms with van der Waals surface area (Å²) in [6.07, 6.45) is 2.70. The third-order valence-electron chi connectivity index (χ3n) is 7.11. The van der Waals surface area contributed by atoms with Gasteiger partial charge >= 0.3 is 0 Å². The molecule has 12 nitrogen and oxygen atoms in total. The van der Waals surface area contributed by atoms with Crippen molar-refractivity contribution in [1.29, 1.82) is 5.41 Å². The van der Waals surface area contributed by atoms with E-state index in [1.165, 1.54) is 0 Å². The number of likely N-dealkylation sites (tertiary alicyclic amines) is 1. The van der Waals surface area contributed by atoms with Crippen LogP contribution in [0.4, 0.5) is 11.6 Å². The molecule has 1 atom stereocenters. The Bertz CT molecular complexity index is 1390. The fourth-order valence-electron chi connectivity index (χ4n) is 4.77. The second-order valence-electron chi connectivity index (χ2n) is 9.44. The molecule has 1 amide bonds. The molecule has 4 aromatic rings. The molecule has 2 aromatic heterocycles. The number of anilines is 2. The van der Waals surface area contributed by atoms with Crippen molar-refractivity contribution in [1.82, 2.24) is 35.5 Å². The summed E-state index contributed by atoms with van der Waals surface area (Å²) in [6, 6.07) is 13.3. The highest BCUT2D eigenvalue weighted by molar-refractivity contribution is 5.95. The number of tetrazole rings is 1. The molecule has 1 unspecified atom stereocenters. The quantitative estimate of drug-likeness (QED) is 0.171. The van der Waals surface area contributed by atoms with Crippen LogP contribution in [0.3, 0.4) is 0 Å². The summed E-state index contributed by atoms with van der Waals surface area (Å²) in [5.74, 6) is 1.33. The van der Waals surface area contributed by atoms with Crippen LogP contribution in [0, 0.1) is 5.41 Å². The average molecular weight is 502 g/mol. The number of amidine groups is 1. The van der Waals surface area contributed by atoms with E-state index in [1.807, 2.05) is 61.3 Å². The molecular formula is C25H31N11O. The van der Waals surface area contributed by atoms with Gasteiger partial charge in [-0.1, -0.05) is 11.2 Å². The first kappa shape index (κ1) is 24.2. The molecule has 0 radical (unpaired) electrons. The molecular weight excluding hydrogens is 470 g/mol. The lowest BCUT2D eigenvalue weighted by molar-refractivity contribution is -0.135. The number of nitrogens with one attached hydrogen (secondary N) is 4. The highest BCUT2D eigenvalue weighted by Gasteiger charge is 2.44. The normalized spacial score (nSPS) is 15.0. The van der Waals surface area contributed by atoms with Gasteiger partial charge in [0.25, 0.3) is 5.91 Å². The maximum absolute atomic E-state index is 13.8. The van der Waals surface area contributed by atoms with Gasteiger partial charge in [-0.15, -0.1) is 0 Å². The van der Waals surface area contributed by atoms with Gasteiger partial charge < -0.3 is 25.8 Å². The van der Waals surface area contributed by atoms with Gasteiger partial charge in [-0.2, -0.15) is 0 Å². The van der Waals surface area contributed by atoms with Crippen LogP contribution in [0.15, 0.2) is 42.5 Å². The fourth-order valence-corrected chi connectivity index (χ4v) is 4.77. The highest BCUT2D eigenvalue weighted by atomic mass is 16.2. The molecule has 12 heteroatoms. The summed E-state index contributed by atoms with van der Waals surface area (Å²) >= 11 is 0. The van der Waals surface area contributed by atoms with Crippen molar-refractivity contribution < 1.29 is 4.79 Å². The maximum atomic E-state index is 13.8. The van der Waals surface area contributed by atoms with Crippen LogP contribution in [0.5, 0.6) is 0 Å². The third kappa shape index (κ3) is 4.69. The molecule has 1 aliphatic rings. The molecule has 37 heavy (non-hydrogen) atoms. The molecule has 0 saturated carbocycles. The minimum Gasteiger partial charge on any atom is -0.385 e. The number of carbonyl (C=O) groups is 1. The van der Waals surface area contributed by atoms with E-state index in [9.17, 15) is 4.79 Å². The van der Waals surface area contributed by atoms with Crippen molar-refractivity contribution in [2.24, 2.45) is 5.73 Å². The van der Waals surface area contributed by atoms with Crippen LogP contribution < -0.4 is 16.0 Å². The van der Waals surface area contributed by atoms with Crippen LogP contribution in [0.2, 0.25) is 0 Å². The molecule has 0 bridgehead atoms. The van der Waals surface area contributed by atoms with Crippen molar-refractivity contribution in [2.45, 2.75) is 31.7 Å². The summed E-state index contributed by atoms with van der Waals surface area (Å²) in [5, 5.41) is 25.1. The van der Waals surface area contributed by atoms with Gasteiger partial charge in [-0.3, -0.25) is 10.2 Å². The zero-order valence-electron chi connectivity index (χ0n) is 21.0. The van der Waals surface area contributed by atoms with Gasteiger partial charge in [0.1, 0.15) is 17.2 Å². The molecule has 0 spiro atoms. The molecule has 1 aliphatic heterocycles. The second-order valence-corrected chi connectivity index (χ2v) is 9.44. The SMILES string of the molecule is CN(c1nnn[nH]1)C(C)(C(=O)N1CCCC1)c1ccc2[nH]c(CCNc3ccc(C(=N)N)cc3)nc2c1. The lowest BCUT2D eigenvalue weighted by atomic mass is 9.88. The summed E-state index contributed by atoms with van der Waals surface area (Å²) in [6.45, 7) is 4.08. The molecule has 2 aromatic carbocycles. The van der Waals surface area contributed by atoms with Crippen LogP contribution >= 0.6 is 0 Å². The Morgan fingerprint density at radius 3 is 2.65 bits per heavy atom. The van der Waals surface area contributed by atoms with Gasteiger partial charge in [-0.25, -0.2) is 10.1 Å². The lowest BCUT2D eigenvalue weighted by Crippen LogP contribution is -2.54. The molecule has 1 fully saturated rings. The molecule has 5 rings (SSSR count). The Morgan fingerprint density at radius 2 is 1.97 bits per heavy atom. The number of fused-ring (bicyclic) bond motifs is 1. The Labute approximate surface area is 214 Å². The number of likely N-dealkylation sites (N-methyl/N-ethyl adjacent to an activating group) is 1. The number of H-pyrrole nitrogens is 2. The molecule has 1 saturated heterocycles. The highest BCUT2D eigenvalue weighted by Crippen LogP contribution is 2.34. The molecule has 192 valence electrons. The maximum Gasteiger partial charge on any atom is 0.252 e. The largest absolute Gasteiger partial charge is 0.385 e. The van der Waals surface area contributed by atoms with Crippen molar-refractivity contribution in [2.75, 3.05) is 36.9 Å². The first-order valence-electron chi connectivity index (χ1n) is 12.3. The van der Waals surface area contributed by atoms with Crippen molar-refractivity contribution >= 4 is 34.4 Å². The Kier molecular flexibility index (Phi) is 6.47. The number of nitrogens with two attached hydrogens (primary N) is 1. The second kappa shape index (κ2) is 9.88. The summed E-state index contributed by atoms with van der Waals surface area (Å²) in [5.41, 5.74) is 8.66. The number of amides is 1. The topological polar surface area (TPSA) is 169 Å². The minimum absolute atomic E-state index is 0.0130. The fraction of sp³-hybridized carbons (Fsp3) is 0.360. The number of carbonyl (C=O) groups excluding carboxylic acids is 1. The van der Waals surface area contributed by atoms with E-state index in [1.54, 1.807) is 4.90 Å². The number of imidazole rings is 1. The summed E-state index contributed by atoms with van der Waals surface area (Å²) < 4.78 is 0. The van der Waals surface area contributed by atoms with Gasteiger partial charge in [0.2, 0.25) is 5.95 Å². The van der Waals surface area contributed by atoms with Crippen LogP contribution in [0.25, 0.3) is 11.0 Å². The van der Waals surface area contributed by atoms with Gasteiger partial charge in [0.15, 0.2) is 0 Å². The Hall–Kier alpha value is -4.48. The number of benzene rings is 2. The predicted octanol–water partition coefficient (Wildman–Crippen LogP) is 1.99. The molecule has 3 heterocycles. The van der Waals surface area contributed by atoms with Crippen LogP contribution in [0.1, 0.15) is 36.7 Å². The molecule has 6 N–H and O–H groups in total. The average Bonchev–Trinajstić information content (AvgIpc) is 3.69. The number of aromatic amines is 2. The Morgan fingerprint density at radius 1 is 1.22 bits per heavy atom.